The average molecular weight is 1650 g/mol. The van der Waals surface area contributed by atoms with Crippen LogP contribution in [0.25, 0.3) is 0 Å². The van der Waals surface area contributed by atoms with Crippen molar-refractivity contribution in [1.82, 2.24) is 79.0 Å². The molecule has 1 aromatic heterocycles. The molecular weight excluding hydrogens is 1540 g/mol. The van der Waals surface area contributed by atoms with Crippen molar-refractivity contribution in [1.29, 1.82) is 0 Å². The van der Waals surface area contributed by atoms with Crippen LogP contribution in [0.15, 0.2) is 24.5 Å². The van der Waals surface area contributed by atoms with Crippen molar-refractivity contribution in [3.63, 3.8) is 0 Å². The fourth-order valence-corrected chi connectivity index (χ4v) is 12.0. The van der Waals surface area contributed by atoms with Crippen LogP contribution in [-0.2, 0) is 102 Å². The molecule has 15 amide bonds. The Balaban J connectivity index is 1.50. The fraction of sp³-hybridized carbons (Fsp3) is 0.667. The van der Waals surface area contributed by atoms with Crippen LogP contribution in [0.5, 0.6) is 0 Å². The maximum absolute atomic E-state index is 14.5. The smallest absolute Gasteiger partial charge is 0.328 e. The van der Waals surface area contributed by atoms with E-state index in [0.29, 0.717) is 12.0 Å². The highest BCUT2D eigenvalue weighted by atomic mass is 16.7. The lowest BCUT2D eigenvalue weighted by atomic mass is 9.99. The van der Waals surface area contributed by atoms with Crippen LogP contribution in [0.2, 0.25) is 0 Å². The van der Waals surface area contributed by atoms with E-state index in [0.717, 1.165) is 24.7 Å². The molecule has 3 aliphatic rings. The first-order chi connectivity index (χ1) is 54.9. The van der Waals surface area contributed by atoms with Crippen molar-refractivity contribution < 1.29 is 137 Å². The first-order valence-electron chi connectivity index (χ1n) is 37.6. The Morgan fingerprint density at radius 3 is 1.54 bits per heavy atom. The summed E-state index contributed by atoms with van der Waals surface area (Å²) in [6, 6.07) is -12.4. The van der Waals surface area contributed by atoms with Crippen LogP contribution in [0, 0.1) is 5.92 Å². The van der Waals surface area contributed by atoms with E-state index < -0.39 is 301 Å². The molecule has 47 nitrogen and oxygen atoms in total. The molecule has 29 N–H and O–H groups in total. The number of aromatic nitrogens is 1. The van der Waals surface area contributed by atoms with Crippen LogP contribution >= 0.6 is 0 Å². The van der Waals surface area contributed by atoms with Crippen LogP contribution in [0.1, 0.15) is 122 Å². The normalized spacial score (nSPS) is 19.8. The number of nitrogens with two attached hydrogens (primary N) is 4. The Labute approximate surface area is 664 Å². The van der Waals surface area contributed by atoms with E-state index in [1.165, 1.54) is 31.5 Å². The van der Waals surface area contributed by atoms with Gasteiger partial charge >= 0.3 is 17.9 Å². The van der Waals surface area contributed by atoms with Crippen molar-refractivity contribution in [2.45, 2.75) is 226 Å². The number of rotatable bonds is 53. The second-order valence-electron chi connectivity index (χ2n) is 27.9. The monoisotopic (exact) mass is 1650 g/mol. The molecule has 17 atom stereocenters. The number of primary amides is 1. The van der Waals surface area contributed by atoms with Gasteiger partial charge in [-0.25, -0.2) is 4.79 Å². The van der Waals surface area contributed by atoms with Crippen molar-refractivity contribution >= 4 is 107 Å². The van der Waals surface area contributed by atoms with Gasteiger partial charge in [0.1, 0.15) is 78.8 Å². The van der Waals surface area contributed by atoms with Gasteiger partial charge in [-0.3, -0.25) is 86.5 Å². The van der Waals surface area contributed by atoms with Gasteiger partial charge in [-0.15, -0.1) is 0 Å². The molecule has 0 bridgehead atoms. The summed E-state index contributed by atoms with van der Waals surface area (Å²) in [6.07, 6.45) is -11.1. The van der Waals surface area contributed by atoms with Gasteiger partial charge < -0.3 is 147 Å². The predicted octanol–water partition coefficient (Wildman–Crippen LogP) is -12.3. The highest BCUT2D eigenvalue weighted by molar-refractivity contribution is 5.99. The summed E-state index contributed by atoms with van der Waals surface area (Å²) in [4.78, 5) is 242. The van der Waals surface area contributed by atoms with Crippen molar-refractivity contribution in [3.05, 3.63) is 30.1 Å². The summed E-state index contributed by atoms with van der Waals surface area (Å²) in [7, 11) is 0. The zero-order valence-corrected chi connectivity index (χ0v) is 64.0. The SMILES string of the molecule is C[C@H](NC(=O)[C@H](CC1CC1)NC(=O)CN)C(=O)NCC(=O)N[C@@H](Cc1ccncc1)C(=O)N[C@@H](CC[C@H](CN)O[C@@H]1O[C@H](CO)[C@H](O)[C@H](O)[C@H]1O)C(=O)NCC(=O)N[C@@H](CCC(=O)O)C(=O)N[C@@H](CCC(N)=O)C(=O)NCC(=O)N1CCC[C@H]1C(=O)N[C@@H](CCCCN)C(=O)NCC(=O)N[C@@H](CCC(=O)O)C(=O)N[C@H](C(=O)O)[C@@H](C)O. The molecule has 0 aromatic carbocycles. The zero-order chi connectivity index (χ0) is 86.5. The number of aliphatic carboxylic acids is 3. The van der Waals surface area contributed by atoms with Gasteiger partial charge in [0.05, 0.1) is 51.5 Å². The maximum atomic E-state index is 14.5. The quantitative estimate of drug-likeness (QED) is 0.0269. The Bertz CT molecular complexity index is 3560. The van der Waals surface area contributed by atoms with Gasteiger partial charge in [0, 0.05) is 51.2 Å². The zero-order valence-electron chi connectivity index (χ0n) is 64.0. The summed E-state index contributed by atoms with van der Waals surface area (Å²) in [5.41, 5.74) is 22.9. The van der Waals surface area contributed by atoms with Crippen molar-refractivity contribution in [2.24, 2.45) is 28.9 Å². The molecule has 47 heteroatoms. The van der Waals surface area contributed by atoms with Crippen LogP contribution in [0.3, 0.4) is 0 Å². The Morgan fingerprint density at radius 2 is 1.03 bits per heavy atom. The number of carbonyl (C=O) groups excluding carboxylic acids is 15. The minimum atomic E-state index is -1.92. The van der Waals surface area contributed by atoms with E-state index in [9.17, 15) is 127 Å². The third-order valence-corrected chi connectivity index (χ3v) is 18.6. The van der Waals surface area contributed by atoms with E-state index >= 15 is 0 Å². The van der Waals surface area contributed by atoms with E-state index in [4.69, 9.17) is 32.4 Å². The molecule has 648 valence electrons. The lowest BCUT2D eigenvalue weighted by molar-refractivity contribution is -0.310. The van der Waals surface area contributed by atoms with E-state index in [-0.39, 0.29) is 64.0 Å². The van der Waals surface area contributed by atoms with Gasteiger partial charge in [0.15, 0.2) is 12.3 Å². The molecule has 0 spiro atoms. The molecule has 0 unspecified atom stereocenters. The number of nitrogens with zero attached hydrogens (tertiary/aromatic N) is 2. The van der Waals surface area contributed by atoms with Gasteiger partial charge in [-0.05, 0) is 115 Å². The third-order valence-electron chi connectivity index (χ3n) is 18.6. The van der Waals surface area contributed by atoms with Crippen LogP contribution in [-0.4, -0.2) is 320 Å². The lowest BCUT2D eigenvalue weighted by Crippen LogP contribution is -2.60. The van der Waals surface area contributed by atoms with Crippen molar-refractivity contribution in [2.75, 3.05) is 59.0 Å². The number of nitrogens with one attached hydrogen (secondary N) is 13. The number of carboxylic acids is 3. The number of hydrogen-bond acceptors (Lipinski definition) is 29. The predicted molar refractivity (Wildman–Crippen MR) is 395 cm³/mol. The summed E-state index contributed by atoms with van der Waals surface area (Å²) in [5.74, 6) is -19.2. The number of amides is 15. The minimum Gasteiger partial charge on any atom is -0.481 e. The molecule has 2 aliphatic heterocycles. The fourth-order valence-electron chi connectivity index (χ4n) is 12.0. The molecular formula is C69H109N19O28. The van der Waals surface area contributed by atoms with Gasteiger partial charge in [0.2, 0.25) is 88.6 Å². The molecule has 116 heavy (non-hydrogen) atoms. The minimum absolute atomic E-state index is 0.0292. The van der Waals surface area contributed by atoms with E-state index in [1.807, 2.05) is 5.32 Å². The largest absolute Gasteiger partial charge is 0.481 e. The first-order valence-corrected chi connectivity index (χ1v) is 37.6. The molecule has 0 radical (unpaired) electrons. The summed E-state index contributed by atoms with van der Waals surface area (Å²) >= 11 is 0. The second kappa shape index (κ2) is 49.9. The number of aliphatic hydroxyl groups excluding tert-OH is 5. The Hall–Kier alpha value is -10.8. The van der Waals surface area contributed by atoms with Gasteiger partial charge in [-0.1, -0.05) is 12.8 Å². The third kappa shape index (κ3) is 34.3. The molecule has 1 aromatic rings. The summed E-state index contributed by atoms with van der Waals surface area (Å²) < 4.78 is 11.3. The first kappa shape index (κ1) is 97.6. The molecule has 2 saturated heterocycles. The van der Waals surface area contributed by atoms with Crippen LogP contribution < -0.4 is 92.1 Å². The number of pyridine rings is 1. The number of ether oxygens (including phenoxy) is 2. The topological polar surface area (TPSA) is 764 Å². The molecule has 3 fully saturated rings. The van der Waals surface area contributed by atoms with E-state index in [2.05, 4.69) is 68.8 Å². The summed E-state index contributed by atoms with van der Waals surface area (Å²) in [5, 5.41) is 110. The highest BCUT2D eigenvalue weighted by Crippen LogP contribution is 2.33. The molecule has 4 rings (SSSR count). The Morgan fingerprint density at radius 1 is 0.543 bits per heavy atom. The second-order valence-corrected chi connectivity index (χ2v) is 27.9. The number of hydrogen-bond donors (Lipinski definition) is 25. The number of carbonyl (C=O) groups is 18. The average Bonchev–Trinajstić information content (AvgIpc) is 1.04. The van der Waals surface area contributed by atoms with Crippen LogP contribution in [0.4, 0.5) is 0 Å². The van der Waals surface area contributed by atoms with Gasteiger partial charge in [0.25, 0.3) is 0 Å². The molecule has 1 saturated carbocycles. The number of unbranched alkanes of at least 4 members (excludes halogenated alkanes) is 1. The molecule has 3 heterocycles. The summed E-state index contributed by atoms with van der Waals surface area (Å²) in [6.45, 7) is -2.74. The highest BCUT2D eigenvalue weighted by Gasteiger charge is 2.46. The van der Waals surface area contributed by atoms with Gasteiger partial charge in [-0.2, -0.15) is 0 Å². The standard InChI is InChI=1S/C69H109N19O28/c1-33(79-65(110)43(24-35-8-9-35)82-48(92)27-72)59(104)75-28-51(95)83-44(25-36-18-21-74-22-19-36)66(111)85-39(11-10-37(26-71)115-69-58(103)57(102)56(101)46(32-89)116-69)61(106)77-30-49(93)80-41(13-16-53(97)98)63(108)84-40(12-15-47(73)91)62(107)78-31-52(96)88-23-5-7-45(88)67(112)86-38(6-3-4-20-70)60(105)76-29-50(94)81-42(14-17-54(99)100)64(109)87-55(34(2)90)68(113)114/h18-19,21-22,33-35,37-46,55-58,69,89-90,101-103H,3-17,20,23-32,70-72H2,1-2H3,(H2,73,91)(H,75,104)(H,76,105)(H,77,106)(H,78,107)(H,79,110)(H,80,93)(H,81,94)(H,82,92)(H,83,95)(H,84,108)(H,85,111)(H,86,112)(H,87,109)(H,97,98)(H,99,100)(H,113,114)/t33-,34+,37+,38-,39-,40-,41-,42-,43-,44-,45-,46+,55-,56-,57-,58+,69+/m0/s1. The van der Waals surface area contributed by atoms with E-state index in [1.54, 1.807) is 0 Å². The molecule has 1 aliphatic carbocycles. The number of carboxylic acid groups (broad SMARTS) is 3. The number of aliphatic hydroxyl groups is 5. The lowest BCUT2D eigenvalue weighted by Gasteiger charge is -2.40. The Kier molecular flexibility index (Phi) is 41.9. The maximum Gasteiger partial charge on any atom is 0.328 e. The van der Waals surface area contributed by atoms with Crippen molar-refractivity contribution in [3.8, 4) is 0 Å². The number of likely N-dealkylation sites (tertiary alicyclic amines) is 1.